The molecule has 0 radical (unpaired) electrons. The van der Waals surface area contributed by atoms with E-state index in [1.165, 1.54) is 26.4 Å². The van der Waals surface area contributed by atoms with E-state index in [-0.39, 0.29) is 23.5 Å². The van der Waals surface area contributed by atoms with Crippen molar-refractivity contribution in [2.24, 2.45) is 0 Å². The maximum atomic E-state index is 13.0. The molecule has 8 heteroatoms. The molecule has 1 atom stereocenters. The molecule has 0 unspecified atom stereocenters. The van der Waals surface area contributed by atoms with Crippen LogP contribution in [0, 0.1) is 6.92 Å². The van der Waals surface area contributed by atoms with Gasteiger partial charge in [-0.25, -0.2) is 14.8 Å². The highest BCUT2D eigenvalue weighted by molar-refractivity contribution is 7.09. The highest BCUT2D eigenvalue weighted by atomic mass is 32.1. The maximum Gasteiger partial charge on any atom is 0.356 e. The van der Waals surface area contributed by atoms with Gasteiger partial charge in [-0.1, -0.05) is 0 Å². The van der Waals surface area contributed by atoms with Crippen molar-refractivity contribution in [3.63, 3.8) is 0 Å². The number of aromatic nitrogens is 2. The van der Waals surface area contributed by atoms with Crippen LogP contribution in [0.15, 0.2) is 17.5 Å². The minimum absolute atomic E-state index is 0.0352. The molecule has 3 heterocycles. The van der Waals surface area contributed by atoms with Gasteiger partial charge in [0.15, 0.2) is 5.69 Å². The van der Waals surface area contributed by atoms with Gasteiger partial charge in [-0.3, -0.25) is 4.79 Å². The van der Waals surface area contributed by atoms with E-state index in [4.69, 9.17) is 9.47 Å². The van der Waals surface area contributed by atoms with Crippen molar-refractivity contribution in [3.8, 4) is 5.88 Å². The van der Waals surface area contributed by atoms with Crippen molar-refractivity contribution >= 4 is 23.2 Å². The molecule has 1 saturated heterocycles. The summed E-state index contributed by atoms with van der Waals surface area (Å²) in [6, 6.07) is 2.95. The zero-order chi connectivity index (χ0) is 18.0. The number of hydrogen-bond acceptors (Lipinski definition) is 7. The summed E-state index contributed by atoms with van der Waals surface area (Å²) in [5.74, 6) is -0.574. The van der Waals surface area contributed by atoms with Crippen LogP contribution in [0.4, 0.5) is 0 Å². The van der Waals surface area contributed by atoms with Gasteiger partial charge in [0.05, 0.1) is 20.3 Å². The predicted molar refractivity (Wildman–Crippen MR) is 92.0 cm³/mol. The number of likely N-dealkylation sites (tertiary alicyclic amines) is 1. The fraction of sp³-hybridized carbons (Fsp3) is 0.412. The number of amides is 1. The van der Waals surface area contributed by atoms with Crippen molar-refractivity contribution < 1.29 is 19.1 Å². The summed E-state index contributed by atoms with van der Waals surface area (Å²) in [7, 11) is 2.71. The highest BCUT2D eigenvalue weighted by Gasteiger charge is 2.33. The Bertz CT molecular complexity index is 805. The fourth-order valence-electron chi connectivity index (χ4n) is 2.90. The topological polar surface area (TPSA) is 81.6 Å². The Morgan fingerprint density at radius 3 is 2.72 bits per heavy atom. The van der Waals surface area contributed by atoms with Gasteiger partial charge in [0, 0.05) is 29.2 Å². The van der Waals surface area contributed by atoms with Gasteiger partial charge in [0.2, 0.25) is 5.88 Å². The van der Waals surface area contributed by atoms with Crippen LogP contribution in [-0.4, -0.2) is 47.5 Å². The predicted octanol–water partition coefficient (Wildman–Crippen LogP) is 2.62. The normalized spacial score (nSPS) is 16.8. The Morgan fingerprint density at radius 2 is 2.08 bits per heavy atom. The Hall–Kier alpha value is -2.48. The second-order valence-electron chi connectivity index (χ2n) is 5.76. The van der Waals surface area contributed by atoms with E-state index >= 15 is 0 Å². The number of pyridine rings is 1. The molecule has 0 spiro atoms. The number of rotatable bonds is 4. The summed E-state index contributed by atoms with van der Waals surface area (Å²) in [6.45, 7) is 2.60. The van der Waals surface area contributed by atoms with Crippen molar-refractivity contribution in [1.29, 1.82) is 0 Å². The van der Waals surface area contributed by atoms with E-state index in [0.717, 1.165) is 23.5 Å². The van der Waals surface area contributed by atoms with Gasteiger partial charge < -0.3 is 14.4 Å². The first-order chi connectivity index (χ1) is 12.0. The largest absolute Gasteiger partial charge is 0.481 e. The molecule has 0 N–H and O–H groups in total. The zero-order valence-electron chi connectivity index (χ0n) is 14.3. The summed E-state index contributed by atoms with van der Waals surface area (Å²) in [5, 5.41) is 2.93. The molecule has 2 aromatic rings. The molecule has 0 aliphatic carbocycles. The summed E-state index contributed by atoms with van der Waals surface area (Å²) in [4.78, 5) is 35.2. The molecule has 1 aliphatic heterocycles. The molecular weight excluding hydrogens is 342 g/mol. The quantitative estimate of drug-likeness (QED) is 0.779. The van der Waals surface area contributed by atoms with Crippen molar-refractivity contribution in [2.75, 3.05) is 20.8 Å². The second kappa shape index (κ2) is 7.18. The van der Waals surface area contributed by atoms with Gasteiger partial charge >= 0.3 is 5.97 Å². The van der Waals surface area contributed by atoms with Gasteiger partial charge in [0.25, 0.3) is 5.91 Å². The minimum Gasteiger partial charge on any atom is -0.481 e. The van der Waals surface area contributed by atoms with E-state index in [9.17, 15) is 9.59 Å². The third-order valence-electron chi connectivity index (χ3n) is 4.09. The van der Waals surface area contributed by atoms with Crippen LogP contribution in [-0.2, 0) is 4.74 Å². The first-order valence-electron chi connectivity index (χ1n) is 7.91. The van der Waals surface area contributed by atoms with Crippen LogP contribution < -0.4 is 4.74 Å². The Labute approximate surface area is 149 Å². The first kappa shape index (κ1) is 17.3. The summed E-state index contributed by atoms with van der Waals surface area (Å²) < 4.78 is 9.82. The molecule has 25 heavy (non-hydrogen) atoms. The molecule has 3 rings (SSSR count). The number of methoxy groups -OCH3 is 2. The molecule has 0 saturated carbocycles. The van der Waals surface area contributed by atoms with Gasteiger partial charge in [0.1, 0.15) is 5.01 Å². The molecule has 0 bridgehead atoms. The Balaban J connectivity index is 1.92. The average molecular weight is 361 g/mol. The monoisotopic (exact) mass is 361 g/mol. The smallest absolute Gasteiger partial charge is 0.356 e. The molecule has 0 aromatic carbocycles. The van der Waals surface area contributed by atoms with E-state index in [2.05, 4.69) is 9.97 Å². The maximum absolute atomic E-state index is 13.0. The number of hydrogen-bond donors (Lipinski definition) is 0. The number of carbonyl (C=O) groups is 2. The van der Waals surface area contributed by atoms with Crippen LogP contribution in [0.25, 0.3) is 0 Å². The summed E-state index contributed by atoms with van der Waals surface area (Å²) in [5.41, 5.74) is 1.36. The molecule has 132 valence electrons. The molecule has 1 amide bonds. The molecular formula is C17H19N3O4S. The molecule has 1 fully saturated rings. The van der Waals surface area contributed by atoms with Crippen LogP contribution in [0.1, 0.15) is 50.4 Å². The lowest BCUT2D eigenvalue weighted by Crippen LogP contribution is -2.30. The van der Waals surface area contributed by atoms with Gasteiger partial charge in [-0.05, 0) is 25.8 Å². The van der Waals surface area contributed by atoms with Crippen molar-refractivity contribution in [1.82, 2.24) is 14.9 Å². The number of carbonyl (C=O) groups excluding carboxylic acids is 2. The van der Waals surface area contributed by atoms with Crippen LogP contribution in [0.3, 0.4) is 0 Å². The average Bonchev–Trinajstić information content (AvgIpc) is 3.28. The number of nitrogens with zero attached hydrogens (tertiary/aromatic N) is 3. The van der Waals surface area contributed by atoms with E-state index in [1.807, 2.05) is 12.3 Å². The number of thiazole rings is 1. The zero-order valence-corrected chi connectivity index (χ0v) is 15.1. The third kappa shape index (κ3) is 3.48. The number of ether oxygens (including phenoxy) is 2. The fourth-order valence-corrected chi connectivity index (χ4v) is 3.84. The highest BCUT2D eigenvalue weighted by Crippen LogP contribution is 2.35. The molecule has 7 nitrogen and oxygen atoms in total. The van der Waals surface area contributed by atoms with E-state index in [1.54, 1.807) is 16.2 Å². The lowest BCUT2D eigenvalue weighted by molar-refractivity contribution is 0.0593. The van der Waals surface area contributed by atoms with Gasteiger partial charge in [-0.15, -0.1) is 11.3 Å². The van der Waals surface area contributed by atoms with Crippen LogP contribution in [0.2, 0.25) is 0 Å². The lowest BCUT2D eigenvalue weighted by Gasteiger charge is -2.23. The minimum atomic E-state index is -0.610. The van der Waals surface area contributed by atoms with Crippen LogP contribution in [0.5, 0.6) is 5.88 Å². The number of esters is 1. The third-order valence-corrected chi connectivity index (χ3v) is 5.15. The molecule has 2 aromatic heterocycles. The second-order valence-corrected chi connectivity index (χ2v) is 6.65. The van der Waals surface area contributed by atoms with Gasteiger partial charge in [-0.2, -0.15) is 0 Å². The van der Waals surface area contributed by atoms with Crippen molar-refractivity contribution in [2.45, 2.75) is 25.8 Å². The van der Waals surface area contributed by atoms with Crippen LogP contribution >= 0.6 is 11.3 Å². The Morgan fingerprint density at radius 1 is 1.28 bits per heavy atom. The first-order valence-corrected chi connectivity index (χ1v) is 8.79. The number of aryl methyl sites for hydroxylation is 1. The standard InChI is InChI=1S/C17H19N3O4S/c1-10-9-25-15(18-10)13-5-4-6-20(13)16(21)11-7-12(17(22)24-3)19-14(8-11)23-2/h7-9,13H,4-6H2,1-3H3/t13-/m1/s1. The lowest BCUT2D eigenvalue weighted by atomic mass is 10.1. The molecule has 1 aliphatic rings. The van der Waals surface area contributed by atoms with Crippen molar-refractivity contribution in [3.05, 3.63) is 39.5 Å². The SMILES string of the molecule is COC(=O)c1cc(C(=O)N2CCC[C@@H]2c2nc(C)cs2)cc(OC)n1. The Kier molecular flexibility index (Phi) is 4.98. The van der Waals surface area contributed by atoms with E-state index in [0.29, 0.717) is 12.1 Å². The summed E-state index contributed by atoms with van der Waals surface area (Å²) in [6.07, 6.45) is 1.80. The van der Waals surface area contributed by atoms with E-state index < -0.39 is 5.97 Å². The summed E-state index contributed by atoms with van der Waals surface area (Å²) >= 11 is 1.57.